The number of halogens is 1. The quantitative estimate of drug-likeness (QED) is 0.572. The van der Waals surface area contributed by atoms with Crippen LogP contribution in [-0.2, 0) is 10.5 Å². The fourth-order valence-corrected chi connectivity index (χ4v) is 3.93. The number of thioether (sulfide) groups is 1. The summed E-state index contributed by atoms with van der Waals surface area (Å²) >= 11 is 8.91. The fraction of sp³-hybridized carbons (Fsp3) is 0.105. The highest BCUT2D eigenvalue weighted by atomic mass is 35.5. The predicted molar refractivity (Wildman–Crippen MR) is 113 cm³/mol. The van der Waals surface area contributed by atoms with Crippen LogP contribution >= 0.6 is 34.7 Å². The molecule has 0 saturated carbocycles. The van der Waals surface area contributed by atoms with Crippen LogP contribution in [0.25, 0.3) is 0 Å². The second-order valence-electron chi connectivity index (χ2n) is 5.47. The Hall–Kier alpha value is -2.35. The smallest absolute Gasteiger partial charge is 0.259 e. The lowest BCUT2D eigenvalue weighted by molar-refractivity contribution is -0.113. The van der Waals surface area contributed by atoms with Crippen molar-refractivity contribution in [3.05, 3.63) is 76.3 Å². The third-order valence-corrected chi connectivity index (χ3v) is 5.59. The number of thiazole rings is 1. The molecular weight excluding hydrogens is 402 g/mol. The average molecular weight is 418 g/mol. The van der Waals surface area contributed by atoms with Crippen molar-refractivity contribution in [3.63, 3.8) is 0 Å². The van der Waals surface area contributed by atoms with Crippen LogP contribution in [-0.4, -0.2) is 22.6 Å². The highest BCUT2D eigenvalue weighted by molar-refractivity contribution is 7.99. The normalized spacial score (nSPS) is 10.4. The number of hydrogen-bond acceptors (Lipinski definition) is 5. The maximum absolute atomic E-state index is 12.4. The van der Waals surface area contributed by atoms with Gasteiger partial charge >= 0.3 is 0 Å². The number of anilines is 2. The van der Waals surface area contributed by atoms with Crippen molar-refractivity contribution in [2.24, 2.45) is 0 Å². The summed E-state index contributed by atoms with van der Waals surface area (Å²) < 4.78 is 0. The molecule has 0 unspecified atom stereocenters. The first kappa shape index (κ1) is 19.4. The number of hydrogen-bond donors (Lipinski definition) is 2. The van der Waals surface area contributed by atoms with Gasteiger partial charge in [0.25, 0.3) is 5.91 Å². The second-order valence-corrected chi connectivity index (χ2v) is 7.76. The minimum absolute atomic E-state index is 0.179. The van der Waals surface area contributed by atoms with Gasteiger partial charge in [0.1, 0.15) is 0 Å². The fourth-order valence-electron chi connectivity index (χ4n) is 2.30. The van der Waals surface area contributed by atoms with E-state index < -0.39 is 0 Å². The van der Waals surface area contributed by atoms with E-state index >= 15 is 0 Å². The largest absolute Gasteiger partial charge is 0.325 e. The molecule has 0 atom stereocenters. The van der Waals surface area contributed by atoms with Crippen molar-refractivity contribution >= 4 is 57.3 Å². The van der Waals surface area contributed by atoms with Gasteiger partial charge in [-0.25, -0.2) is 4.98 Å². The van der Waals surface area contributed by atoms with E-state index in [0.29, 0.717) is 27.2 Å². The molecule has 0 radical (unpaired) electrons. The van der Waals surface area contributed by atoms with Crippen molar-refractivity contribution in [2.45, 2.75) is 5.75 Å². The number of amides is 2. The lowest BCUT2D eigenvalue weighted by atomic mass is 10.1. The molecule has 0 aliphatic carbocycles. The molecule has 27 heavy (non-hydrogen) atoms. The van der Waals surface area contributed by atoms with Crippen LogP contribution in [0.2, 0.25) is 5.02 Å². The van der Waals surface area contributed by atoms with Gasteiger partial charge in [0.15, 0.2) is 5.13 Å². The summed E-state index contributed by atoms with van der Waals surface area (Å²) in [4.78, 5) is 28.7. The van der Waals surface area contributed by atoms with E-state index in [-0.39, 0.29) is 17.6 Å². The number of nitrogens with one attached hydrogen (secondary N) is 2. The Morgan fingerprint density at radius 2 is 1.85 bits per heavy atom. The molecule has 0 fully saturated rings. The molecule has 8 heteroatoms. The number of para-hydroxylation sites is 1. The Kier molecular flexibility index (Phi) is 6.86. The number of nitrogens with zero attached hydrogens (tertiary/aromatic N) is 1. The molecule has 0 aliphatic heterocycles. The molecule has 1 aromatic heterocycles. The third kappa shape index (κ3) is 5.56. The van der Waals surface area contributed by atoms with Crippen molar-refractivity contribution in [2.75, 3.05) is 16.4 Å². The second kappa shape index (κ2) is 9.55. The van der Waals surface area contributed by atoms with Gasteiger partial charge in [-0.2, -0.15) is 0 Å². The Morgan fingerprint density at radius 3 is 2.63 bits per heavy atom. The van der Waals surface area contributed by atoms with Crippen molar-refractivity contribution < 1.29 is 9.59 Å². The van der Waals surface area contributed by atoms with E-state index in [4.69, 9.17) is 11.6 Å². The molecule has 138 valence electrons. The summed E-state index contributed by atoms with van der Waals surface area (Å²) in [6.45, 7) is 0. The number of carbonyl (C=O) groups excluding carboxylic acids is 2. The molecule has 0 bridgehead atoms. The minimum atomic E-state index is -0.315. The van der Waals surface area contributed by atoms with Crippen LogP contribution in [0.3, 0.4) is 0 Å². The molecule has 1 heterocycles. The number of benzene rings is 2. The summed E-state index contributed by atoms with van der Waals surface area (Å²) in [6, 6.07) is 14.4. The predicted octanol–water partition coefficient (Wildman–Crippen LogP) is 4.92. The lowest BCUT2D eigenvalue weighted by Crippen LogP contribution is -2.19. The molecule has 5 nitrogen and oxygen atoms in total. The molecular formula is C19H16ClN3O2S2. The van der Waals surface area contributed by atoms with Gasteiger partial charge in [-0.05, 0) is 23.8 Å². The van der Waals surface area contributed by atoms with Crippen molar-refractivity contribution in [1.82, 2.24) is 4.98 Å². The van der Waals surface area contributed by atoms with Crippen molar-refractivity contribution in [1.29, 1.82) is 0 Å². The maximum atomic E-state index is 12.4. The van der Waals surface area contributed by atoms with E-state index in [1.165, 1.54) is 23.1 Å². The van der Waals surface area contributed by atoms with Gasteiger partial charge < -0.3 is 5.32 Å². The van der Waals surface area contributed by atoms with Gasteiger partial charge in [-0.3, -0.25) is 14.9 Å². The summed E-state index contributed by atoms with van der Waals surface area (Å²) in [5.74, 6) is 0.401. The summed E-state index contributed by atoms with van der Waals surface area (Å²) in [5, 5.41) is 8.50. The SMILES string of the molecule is O=C(CSCc1ccccc1Cl)Nc1ccccc1C(=O)Nc1nccs1. The number of aromatic nitrogens is 1. The van der Waals surface area contributed by atoms with Crippen LogP contribution in [0.5, 0.6) is 0 Å². The zero-order valence-corrected chi connectivity index (χ0v) is 16.5. The monoisotopic (exact) mass is 417 g/mol. The topological polar surface area (TPSA) is 71.1 Å². The Labute approximate surface area is 170 Å². The van der Waals surface area contributed by atoms with E-state index in [2.05, 4.69) is 15.6 Å². The van der Waals surface area contributed by atoms with Gasteiger partial charge in [0.2, 0.25) is 5.91 Å². The number of rotatable bonds is 7. The van der Waals surface area contributed by atoms with E-state index in [1.54, 1.807) is 35.8 Å². The standard InChI is InChI=1S/C19H16ClN3O2S2/c20-15-7-3-1-5-13(15)11-26-12-17(24)22-16-8-4-2-6-14(16)18(25)23-19-21-9-10-27-19/h1-10H,11-12H2,(H,22,24)(H,21,23,25). The zero-order chi connectivity index (χ0) is 19.1. The number of carbonyl (C=O) groups is 2. The van der Waals surface area contributed by atoms with Crippen LogP contribution in [0.15, 0.2) is 60.1 Å². The van der Waals surface area contributed by atoms with E-state index in [1.807, 2.05) is 24.3 Å². The molecule has 3 rings (SSSR count). The van der Waals surface area contributed by atoms with Crippen molar-refractivity contribution in [3.8, 4) is 0 Å². The van der Waals surface area contributed by atoms with E-state index in [0.717, 1.165) is 5.56 Å². The first-order chi connectivity index (χ1) is 13.1. The minimum Gasteiger partial charge on any atom is -0.325 e. The van der Waals surface area contributed by atoms with Crippen LogP contribution in [0.1, 0.15) is 15.9 Å². The molecule has 2 aromatic carbocycles. The zero-order valence-electron chi connectivity index (χ0n) is 14.1. The molecule has 0 saturated heterocycles. The molecule has 0 spiro atoms. The summed E-state index contributed by atoms with van der Waals surface area (Å²) in [5.41, 5.74) is 1.84. The van der Waals surface area contributed by atoms with E-state index in [9.17, 15) is 9.59 Å². The average Bonchev–Trinajstić information content (AvgIpc) is 3.17. The first-order valence-corrected chi connectivity index (χ1v) is 10.5. The Balaban J connectivity index is 1.57. The molecule has 2 N–H and O–H groups in total. The van der Waals surface area contributed by atoms with Crippen LogP contribution in [0.4, 0.5) is 10.8 Å². The van der Waals surface area contributed by atoms with Crippen LogP contribution in [0, 0.1) is 0 Å². The lowest BCUT2D eigenvalue weighted by Gasteiger charge is -2.10. The highest BCUT2D eigenvalue weighted by Crippen LogP contribution is 2.22. The van der Waals surface area contributed by atoms with Gasteiger partial charge in [0, 0.05) is 22.4 Å². The van der Waals surface area contributed by atoms with Crippen LogP contribution < -0.4 is 10.6 Å². The Bertz CT molecular complexity index is 932. The summed E-state index contributed by atoms with van der Waals surface area (Å²) in [7, 11) is 0. The first-order valence-electron chi connectivity index (χ1n) is 8.04. The van der Waals surface area contributed by atoms with Gasteiger partial charge in [-0.1, -0.05) is 41.9 Å². The molecule has 0 aliphatic rings. The van der Waals surface area contributed by atoms with Gasteiger partial charge in [-0.15, -0.1) is 23.1 Å². The Morgan fingerprint density at radius 1 is 1.07 bits per heavy atom. The maximum Gasteiger partial charge on any atom is 0.259 e. The summed E-state index contributed by atoms with van der Waals surface area (Å²) in [6.07, 6.45) is 1.62. The molecule has 2 amide bonds. The molecule has 3 aromatic rings. The van der Waals surface area contributed by atoms with Gasteiger partial charge in [0.05, 0.1) is 17.0 Å². The third-order valence-electron chi connectivity index (χ3n) is 3.55. The highest BCUT2D eigenvalue weighted by Gasteiger charge is 2.14.